The first-order valence-electron chi connectivity index (χ1n) is 7.97. The van der Waals surface area contributed by atoms with Crippen molar-refractivity contribution in [2.24, 2.45) is 0 Å². The Morgan fingerprint density at radius 2 is 2.00 bits per heavy atom. The highest BCUT2D eigenvalue weighted by molar-refractivity contribution is 6.35. The van der Waals surface area contributed by atoms with Crippen molar-refractivity contribution in [3.05, 3.63) is 33.8 Å². The molecule has 1 aromatic rings. The molecule has 0 aliphatic heterocycles. The van der Waals surface area contributed by atoms with Gasteiger partial charge in [-0.05, 0) is 50.4 Å². The summed E-state index contributed by atoms with van der Waals surface area (Å²) in [7, 11) is 0. The van der Waals surface area contributed by atoms with Gasteiger partial charge in [-0.15, -0.1) is 0 Å². The molecule has 2 nitrogen and oxygen atoms in total. The predicted octanol–water partition coefficient (Wildman–Crippen LogP) is 5.38. The van der Waals surface area contributed by atoms with Crippen LogP contribution in [0.3, 0.4) is 0 Å². The minimum atomic E-state index is 0.226. The predicted molar refractivity (Wildman–Crippen MR) is 90.3 cm³/mol. The standard InChI is InChI=1S/C17H25Cl2NO/c1-13(16-9-8-14(18)12-17(16)19)20-10-5-11-21-15-6-3-2-4-7-15/h8-9,12-13,15,20H,2-7,10-11H2,1H3. The van der Waals surface area contributed by atoms with E-state index in [1.54, 1.807) is 6.07 Å². The molecule has 1 N–H and O–H groups in total. The quantitative estimate of drug-likeness (QED) is 0.677. The molecule has 0 heterocycles. The van der Waals surface area contributed by atoms with Crippen molar-refractivity contribution < 1.29 is 4.74 Å². The average molecular weight is 330 g/mol. The first kappa shape index (κ1) is 17.1. The third-order valence-electron chi connectivity index (χ3n) is 4.11. The molecule has 0 aromatic heterocycles. The van der Waals surface area contributed by atoms with Crippen LogP contribution in [0.4, 0.5) is 0 Å². The number of hydrogen-bond acceptors (Lipinski definition) is 2. The van der Waals surface area contributed by atoms with Crippen molar-refractivity contribution in [1.82, 2.24) is 5.32 Å². The van der Waals surface area contributed by atoms with Gasteiger partial charge in [0.1, 0.15) is 0 Å². The van der Waals surface area contributed by atoms with Crippen LogP contribution >= 0.6 is 23.2 Å². The summed E-state index contributed by atoms with van der Waals surface area (Å²) in [5.41, 5.74) is 1.09. The number of halogens is 2. The molecule has 4 heteroatoms. The summed E-state index contributed by atoms with van der Waals surface area (Å²) in [6.07, 6.45) is 8.05. The summed E-state index contributed by atoms with van der Waals surface area (Å²) >= 11 is 12.1. The van der Waals surface area contributed by atoms with Gasteiger partial charge >= 0.3 is 0 Å². The summed E-state index contributed by atoms with van der Waals surface area (Å²) in [5, 5.41) is 4.89. The van der Waals surface area contributed by atoms with Crippen LogP contribution in [0.15, 0.2) is 18.2 Å². The maximum absolute atomic E-state index is 6.22. The van der Waals surface area contributed by atoms with Gasteiger partial charge in [0.05, 0.1) is 6.10 Å². The second-order valence-electron chi connectivity index (χ2n) is 5.83. The third-order valence-corrected chi connectivity index (χ3v) is 4.67. The molecule has 1 unspecified atom stereocenters. The lowest BCUT2D eigenvalue weighted by Crippen LogP contribution is -2.23. The second-order valence-corrected chi connectivity index (χ2v) is 6.67. The Morgan fingerprint density at radius 1 is 1.24 bits per heavy atom. The number of nitrogens with one attached hydrogen (secondary N) is 1. The molecule has 0 radical (unpaired) electrons. The van der Waals surface area contributed by atoms with Gasteiger partial charge in [0.15, 0.2) is 0 Å². The summed E-state index contributed by atoms with van der Waals surface area (Å²) in [5.74, 6) is 0. The minimum absolute atomic E-state index is 0.226. The maximum Gasteiger partial charge on any atom is 0.0575 e. The largest absolute Gasteiger partial charge is 0.378 e. The zero-order valence-corrected chi connectivity index (χ0v) is 14.2. The van der Waals surface area contributed by atoms with E-state index in [1.807, 2.05) is 12.1 Å². The normalized spacial score (nSPS) is 17.9. The molecule has 0 spiro atoms. The van der Waals surface area contributed by atoms with Crippen LogP contribution in [0.25, 0.3) is 0 Å². The van der Waals surface area contributed by atoms with Gasteiger partial charge in [0.25, 0.3) is 0 Å². The molecule has 1 fully saturated rings. The summed E-state index contributed by atoms with van der Waals surface area (Å²) in [6.45, 7) is 3.91. The first-order valence-corrected chi connectivity index (χ1v) is 8.72. The highest BCUT2D eigenvalue weighted by atomic mass is 35.5. The van der Waals surface area contributed by atoms with Crippen molar-refractivity contribution >= 4 is 23.2 Å². The van der Waals surface area contributed by atoms with Crippen LogP contribution in [0.1, 0.15) is 57.1 Å². The van der Waals surface area contributed by atoms with Crippen LogP contribution < -0.4 is 5.32 Å². The monoisotopic (exact) mass is 329 g/mol. The number of benzene rings is 1. The molecule has 1 aliphatic carbocycles. The van der Waals surface area contributed by atoms with E-state index in [0.717, 1.165) is 30.2 Å². The molecular formula is C17H25Cl2NO. The zero-order chi connectivity index (χ0) is 15.1. The van der Waals surface area contributed by atoms with Crippen LogP contribution in [0.5, 0.6) is 0 Å². The van der Waals surface area contributed by atoms with Gasteiger partial charge in [-0.3, -0.25) is 0 Å². The Bertz CT molecular complexity index is 433. The van der Waals surface area contributed by atoms with Gasteiger partial charge in [-0.2, -0.15) is 0 Å². The Kier molecular flexibility index (Phi) is 7.31. The van der Waals surface area contributed by atoms with Crippen LogP contribution in [-0.2, 0) is 4.74 Å². The van der Waals surface area contributed by atoms with Crippen molar-refractivity contribution in [1.29, 1.82) is 0 Å². The molecule has 118 valence electrons. The molecule has 0 bridgehead atoms. The van der Waals surface area contributed by atoms with E-state index in [2.05, 4.69) is 12.2 Å². The van der Waals surface area contributed by atoms with Crippen molar-refractivity contribution in [3.8, 4) is 0 Å². The van der Waals surface area contributed by atoms with Gasteiger partial charge < -0.3 is 10.1 Å². The van der Waals surface area contributed by atoms with E-state index in [0.29, 0.717) is 11.1 Å². The number of ether oxygens (including phenoxy) is 1. The van der Waals surface area contributed by atoms with Crippen LogP contribution in [-0.4, -0.2) is 19.3 Å². The molecule has 0 saturated heterocycles. The zero-order valence-electron chi connectivity index (χ0n) is 12.7. The van der Waals surface area contributed by atoms with Gasteiger partial charge in [-0.25, -0.2) is 0 Å². The van der Waals surface area contributed by atoms with E-state index >= 15 is 0 Å². The van der Waals surface area contributed by atoms with Crippen molar-refractivity contribution in [2.75, 3.05) is 13.2 Å². The Hall–Kier alpha value is -0.280. The minimum Gasteiger partial charge on any atom is -0.378 e. The Morgan fingerprint density at radius 3 is 2.71 bits per heavy atom. The number of rotatable bonds is 7. The first-order chi connectivity index (χ1) is 10.2. The lowest BCUT2D eigenvalue weighted by atomic mass is 9.98. The Labute approximate surface area is 138 Å². The maximum atomic E-state index is 6.22. The topological polar surface area (TPSA) is 21.3 Å². The average Bonchev–Trinajstić information content (AvgIpc) is 2.47. The molecule has 2 rings (SSSR count). The van der Waals surface area contributed by atoms with Gasteiger partial charge in [-0.1, -0.05) is 48.5 Å². The van der Waals surface area contributed by atoms with Crippen LogP contribution in [0.2, 0.25) is 10.0 Å². The molecule has 1 aromatic carbocycles. The fourth-order valence-electron chi connectivity index (χ4n) is 2.84. The molecule has 21 heavy (non-hydrogen) atoms. The summed E-state index contributed by atoms with van der Waals surface area (Å²) < 4.78 is 5.93. The fraction of sp³-hybridized carbons (Fsp3) is 0.647. The second kappa shape index (κ2) is 8.99. The van der Waals surface area contributed by atoms with E-state index in [9.17, 15) is 0 Å². The molecule has 0 amide bonds. The lowest BCUT2D eigenvalue weighted by Gasteiger charge is -2.22. The highest BCUT2D eigenvalue weighted by Crippen LogP contribution is 2.26. The fourth-order valence-corrected chi connectivity index (χ4v) is 3.41. The smallest absolute Gasteiger partial charge is 0.0575 e. The van der Waals surface area contributed by atoms with Gasteiger partial charge in [0, 0.05) is 22.7 Å². The van der Waals surface area contributed by atoms with E-state index < -0.39 is 0 Å². The van der Waals surface area contributed by atoms with Crippen molar-refractivity contribution in [3.63, 3.8) is 0 Å². The van der Waals surface area contributed by atoms with E-state index in [-0.39, 0.29) is 6.04 Å². The van der Waals surface area contributed by atoms with E-state index in [4.69, 9.17) is 27.9 Å². The van der Waals surface area contributed by atoms with Crippen LogP contribution in [0, 0.1) is 0 Å². The number of hydrogen-bond donors (Lipinski definition) is 1. The van der Waals surface area contributed by atoms with Gasteiger partial charge in [0.2, 0.25) is 0 Å². The summed E-state index contributed by atoms with van der Waals surface area (Å²) in [4.78, 5) is 0. The Balaban J connectivity index is 1.63. The van der Waals surface area contributed by atoms with E-state index in [1.165, 1.54) is 32.1 Å². The van der Waals surface area contributed by atoms with Crippen molar-refractivity contribution in [2.45, 2.75) is 57.6 Å². The SMILES string of the molecule is CC(NCCCOC1CCCCC1)c1ccc(Cl)cc1Cl. The lowest BCUT2D eigenvalue weighted by molar-refractivity contribution is 0.0271. The molecular weight excluding hydrogens is 305 g/mol. The highest BCUT2D eigenvalue weighted by Gasteiger charge is 2.13. The third kappa shape index (κ3) is 5.78. The summed E-state index contributed by atoms with van der Waals surface area (Å²) in [6, 6.07) is 5.89. The molecule has 1 aliphatic rings. The molecule has 1 saturated carbocycles. The molecule has 1 atom stereocenters.